The molecule has 1 amide bonds. The predicted octanol–water partition coefficient (Wildman–Crippen LogP) is 3.71. The highest BCUT2D eigenvalue weighted by atomic mass is 19.1. The average molecular weight is 367 g/mol. The van der Waals surface area contributed by atoms with Crippen LogP contribution in [0.3, 0.4) is 0 Å². The number of carbonyl (C=O) groups excluding carboxylic acids is 1. The van der Waals surface area contributed by atoms with Gasteiger partial charge in [-0.05, 0) is 30.7 Å². The predicted molar refractivity (Wildman–Crippen MR) is 97.1 cm³/mol. The summed E-state index contributed by atoms with van der Waals surface area (Å²) >= 11 is 0. The number of anilines is 1. The Labute approximate surface area is 155 Å². The normalized spacial score (nSPS) is 16.8. The van der Waals surface area contributed by atoms with Crippen LogP contribution in [0, 0.1) is 12.7 Å². The van der Waals surface area contributed by atoms with Crippen LogP contribution in [0.2, 0.25) is 0 Å². The summed E-state index contributed by atoms with van der Waals surface area (Å²) in [4.78, 5) is 18.5. The number of rotatable bonds is 4. The molecular weight excluding hydrogens is 349 g/mol. The Kier molecular flexibility index (Phi) is 4.35. The molecule has 0 bridgehead atoms. The van der Waals surface area contributed by atoms with Crippen molar-refractivity contribution in [3.05, 3.63) is 59.7 Å². The van der Waals surface area contributed by atoms with E-state index in [0.717, 1.165) is 11.1 Å². The van der Waals surface area contributed by atoms with E-state index in [1.165, 1.54) is 24.1 Å². The summed E-state index contributed by atoms with van der Waals surface area (Å²) in [6, 6.07) is 12.2. The number of hydrogen-bond acceptors (Lipinski definition) is 5. The van der Waals surface area contributed by atoms with Gasteiger partial charge in [-0.2, -0.15) is 4.98 Å². The first-order chi connectivity index (χ1) is 13.1. The van der Waals surface area contributed by atoms with E-state index in [4.69, 9.17) is 9.26 Å². The zero-order valence-electron chi connectivity index (χ0n) is 15.0. The fraction of sp³-hybridized carbons (Fsp3) is 0.250. The van der Waals surface area contributed by atoms with Crippen molar-refractivity contribution in [2.24, 2.45) is 0 Å². The molecule has 4 rings (SSSR count). The van der Waals surface area contributed by atoms with Crippen LogP contribution >= 0.6 is 0 Å². The number of aromatic nitrogens is 2. The van der Waals surface area contributed by atoms with Crippen molar-refractivity contribution in [1.29, 1.82) is 0 Å². The minimum atomic E-state index is -0.507. The summed E-state index contributed by atoms with van der Waals surface area (Å²) in [5, 5.41) is 4.06. The molecule has 0 aliphatic carbocycles. The van der Waals surface area contributed by atoms with Gasteiger partial charge >= 0.3 is 0 Å². The van der Waals surface area contributed by atoms with Crippen LogP contribution in [0.1, 0.15) is 23.7 Å². The molecule has 2 aromatic carbocycles. The molecule has 3 aromatic rings. The Bertz CT molecular complexity index is 1000. The van der Waals surface area contributed by atoms with Gasteiger partial charge in [0.25, 0.3) is 5.89 Å². The highest BCUT2D eigenvalue weighted by molar-refractivity contribution is 5.96. The Morgan fingerprint density at radius 1 is 1.26 bits per heavy atom. The lowest BCUT2D eigenvalue weighted by molar-refractivity contribution is -0.117. The number of carbonyl (C=O) groups is 1. The zero-order valence-corrected chi connectivity index (χ0v) is 15.0. The number of nitrogens with zero attached hydrogens (tertiary/aromatic N) is 3. The molecule has 138 valence electrons. The number of halogens is 1. The standard InChI is InChI=1S/C20H18FN3O3/c1-12-5-3-4-6-15(12)20-22-19(23-27-20)13-9-18(25)24(11-13)14-7-8-17(26-2)16(21)10-14/h3-8,10,13H,9,11H2,1-2H3. The monoisotopic (exact) mass is 367 g/mol. The molecule has 1 saturated heterocycles. The lowest BCUT2D eigenvalue weighted by Crippen LogP contribution is -2.24. The first-order valence-electron chi connectivity index (χ1n) is 8.60. The molecular formula is C20H18FN3O3. The smallest absolute Gasteiger partial charge is 0.258 e. The van der Waals surface area contributed by atoms with Gasteiger partial charge in [-0.1, -0.05) is 23.4 Å². The topological polar surface area (TPSA) is 68.5 Å². The summed E-state index contributed by atoms with van der Waals surface area (Å²) in [7, 11) is 1.40. The second kappa shape index (κ2) is 6.83. The van der Waals surface area contributed by atoms with Gasteiger partial charge in [0.2, 0.25) is 5.91 Å². The number of benzene rings is 2. The van der Waals surface area contributed by atoms with E-state index < -0.39 is 5.82 Å². The molecule has 1 aromatic heterocycles. The molecule has 0 saturated carbocycles. The van der Waals surface area contributed by atoms with Crippen LogP contribution in [-0.4, -0.2) is 29.7 Å². The number of ether oxygens (including phenoxy) is 1. The molecule has 1 unspecified atom stereocenters. The molecule has 0 spiro atoms. The highest BCUT2D eigenvalue weighted by Crippen LogP contribution is 2.33. The Morgan fingerprint density at radius 3 is 2.81 bits per heavy atom. The maximum atomic E-state index is 14.0. The summed E-state index contributed by atoms with van der Waals surface area (Å²) < 4.78 is 24.3. The zero-order chi connectivity index (χ0) is 19.0. The molecule has 0 N–H and O–H groups in total. The van der Waals surface area contributed by atoms with Gasteiger partial charge in [-0.3, -0.25) is 4.79 Å². The largest absolute Gasteiger partial charge is 0.494 e. The second-order valence-corrected chi connectivity index (χ2v) is 6.50. The number of aryl methyl sites for hydroxylation is 1. The van der Waals surface area contributed by atoms with Gasteiger partial charge in [0, 0.05) is 36.2 Å². The van der Waals surface area contributed by atoms with Crippen LogP contribution in [-0.2, 0) is 4.79 Å². The van der Waals surface area contributed by atoms with E-state index in [-0.39, 0.29) is 24.0 Å². The third kappa shape index (κ3) is 3.16. The van der Waals surface area contributed by atoms with Gasteiger partial charge in [0.1, 0.15) is 0 Å². The van der Waals surface area contributed by atoms with E-state index in [1.54, 1.807) is 6.07 Å². The van der Waals surface area contributed by atoms with Crippen LogP contribution in [0.5, 0.6) is 5.75 Å². The van der Waals surface area contributed by atoms with Crippen molar-refractivity contribution >= 4 is 11.6 Å². The fourth-order valence-corrected chi connectivity index (χ4v) is 3.28. The van der Waals surface area contributed by atoms with Crippen molar-refractivity contribution < 1.29 is 18.4 Å². The summed E-state index contributed by atoms with van der Waals surface area (Å²) in [6.45, 7) is 2.34. The van der Waals surface area contributed by atoms with Crippen molar-refractivity contribution in [1.82, 2.24) is 10.1 Å². The minimum absolute atomic E-state index is 0.105. The molecule has 1 aliphatic heterocycles. The Morgan fingerprint density at radius 2 is 2.07 bits per heavy atom. The van der Waals surface area contributed by atoms with Crippen LogP contribution in [0.4, 0.5) is 10.1 Å². The van der Waals surface area contributed by atoms with Crippen molar-refractivity contribution in [3.63, 3.8) is 0 Å². The number of hydrogen-bond donors (Lipinski definition) is 0. The maximum absolute atomic E-state index is 14.0. The summed E-state index contributed by atoms with van der Waals surface area (Å²) in [5.74, 6) is 0.245. The average Bonchev–Trinajstić information content (AvgIpc) is 3.29. The van der Waals surface area contributed by atoms with Crippen LogP contribution in [0.25, 0.3) is 11.5 Å². The maximum Gasteiger partial charge on any atom is 0.258 e. The third-order valence-corrected chi connectivity index (χ3v) is 4.75. The van der Waals surface area contributed by atoms with Crippen molar-refractivity contribution in [2.75, 3.05) is 18.6 Å². The van der Waals surface area contributed by atoms with Crippen LogP contribution in [0.15, 0.2) is 47.0 Å². The summed E-state index contributed by atoms with van der Waals surface area (Å²) in [6.07, 6.45) is 0.250. The summed E-state index contributed by atoms with van der Waals surface area (Å²) in [5.41, 5.74) is 2.39. The number of methoxy groups -OCH3 is 1. The molecule has 1 atom stereocenters. The molecule has 1 fully saturated rings. The molecule has 1 aliphatic rings. The van der Waals surface area contributed by atoms with Gasteiger partial charge in [-0.25, -0.2) is 4.39 Å². The van der Waals surface area contributed by atoms with E-state index in [2.05, 4.69) is 10.1 Å². The van der Waals surface area contributed by atoms with E-state index in [0.29, 0.717) is 23.9 Å². The first-order valence-corrected chi connectivity index (χ1v) is 8.60. The van der Waals surface area contributed by atoms with E-state index >= 15 is 0 Å². The Hall–Kier alpha value is -3.22. The molecule has 27 heavy (non-hydrogen) atoms. The quantitative estimate of drug-likeness (QED) is 0.703. The van der Waals surface area contributed by atoms with Gasteiger partial charge in [0.05, 0.1) is 7.11 Å². The third-order valence-electron chi connectivity index (χ3n) is 4.75. The molecule has 2 heterocycles. The van der Waals surface area contributed by atoms with Gasteiger partial charge < -0.3 is 14.2 Å². The van der Waals surface area contributed by atoms with Crippen molar-refractivity contribution in [3.8, 4) is 17.2 Å². The van der Waals surface area contributed by atoms with Gasteiger partial charge in [0.15, 0.2) is 17.4 Å². The lowest BCUT2D eigenvalue weighted by atomic mass is 10.1. The molecule has 7 heteroatoms. The lowest BCUT2D eigenvalue weighted by Gasteiger charge is -2.16. The van der Waals surface area contributed by atoms with Crippen molar-refractivity contribution in [2.45, 2.75) is 19.3 Å². The fourth-order valence-electron chi connectivity index (χ4n) is 3.28. The van der Waals surface area contributed by atoms with Crippen LogP contribution < -0.4 is 9.64 Å². The molecule has 0 radical (unpaired) electrons. The van der Waals surface area contributed by atoms with E-state index in [9.17, 15) is 9.18 Å². The van der Waals surface area contributed by atoms with E-state index in [1.807, 2.05) is 31.2 Å². The highest BCUT2D eigenvalue weighted by Gasteiger charge is 2.35. The Balaban J connectivity index is 1.56. The minimum Gasteiger partial charge on any atom is -0.494 e. The molecule has 6 nitrogen and oxygen atoms in total. The SMILES string of the molecule is COc1ccc(N2CC(c3noc(-c4ccccc4C)n3)CC2=O)cc1F. The first kappa shape index (κ1) is 17.2. The van der Waals surface area contributed by atoms with Gasteiger partial charge in [-0.15, -0.1) is 0 Å². The number of amides is 1. The second-order valence-electron chi connectivity index (χ2n) is 6.50.